The first kappa shape index (κ1) is 18.7. The van der Waals surface area contributed by atoms with Crippen LogP contribution in [-0.2, 0) is 4.79 Å². The molecule has 6 heteroatoms. The van der Waals surface area contributed by atoms with Gasteiger partial charge in [-0.2, -0.15) is 0 Å². The Kier molecular flexibility index (Phi) is 6.57. The van der Waals surface area contributed by atoms with E-state index in [0.717, 1.165) is 23.5 Å². The summed E-state index contributed by atoms with van der Waals surface area (Å²) in [7, 11) is 0. The van der Waals surface area contributed by atoms with Crippen LogP contribution >= 0.6 is 11.3 Å². The van der Waals surface area contributed by atoms with Crippen LogP contribution in [0.5, 0.6) is 0 Å². The number of piperazine rings is 1. The Morgan fingerprint density at radius 3 is 2.50 bits per heavy atom. The number of rotatable bonds is 6. The molecule has 1 saturated heterocycles. The maximum Gasteiger partial charge on any atom is 0.264 e. The van der Waals surface area contributed by atoms with Crippen molar-refractivity contribution in [2.75, 3.05) is 39.3 Å². The van der Waals surface area contributed by atoms with Gasteiger partial charge in [0.2, 0.25) is 5.91 Å². The lowest BCUT2D eigenvalue weighted by Crippen LogP contribution is -2.55. The fourth-order valence-corrected chi connectivity index (χ4v) is 3.65. The summed E-state index contributed by atoms with van der Waals surface area (Å²) in [5, 5.41) is 1.92. The summed E-state index contributed by atoms with van der Waals surface area (Å²) in [6, 6.07) is 3.60. The first-order chi connectivity index (χ1) is 11.4. The second-order valence-corrected chi connectivity index (χ2v) is 7.24. The maximum atomic E-state index is 12.7. The molecule has 1 fully saturated rings. The SMILES string of the molecule is C=C(C)CN(CC)C(=O)C(C)N1CCN(C(=O)c2cccs2)CC1. The van der Waals surface area contributed by atoms with Gasteiger partial charge in [-0.3, -0.25) is 14.5 Å². The van der Waals surface area contributed by atoms with Gasteiger partial charge in [-0.1, -0.05) is 18.2 Å². The Bertz CT molecular complexity index is 577. The van der Waals surface area contributed by atoms with Crippen LogP contribution in [-0.4, -0.2) is 71.8 Å². The molecule has 1 aliphatic heterocycles. The number of hydrogen-bond acceptors (Lipinski definition) is 4. The molecular weight excluding hydrogens is 322 g/mol. The zero-order chi connectivity index (χ0) is 17.7. The standard InChI is InChI=1S/C18H27N3O2S/c1-5-19(13-14(2)3)17(22)15(4)20-8-10-21(11-9-20)18(23)16-7-6-12-24-16/h6-7,12,15H,2,5,8-11,13H2,1,3-4H3. The lowest BCUT2D eigenvalue weighted by Gasteiger charge is -2.38. The molecular formula is C18H27N3O2S. The van der Waals surface area contributed by atoms with Crippen LogP contribution in [0, 0.1) is 0 Å². The Hall–Kier alpha value is -1.66. The minimum Gasteiger partial charge on any atom is -0.338 e. The normalized spacial score (nSPS) is 16.7. The van der Waals surface area contributed by atoms with Gasteiger partial charge in [0.1, 0.15) is 0 Å². The van der Waals surface area contributed by atoms with E-state index in [9.17, 15) is 9.59 Å². The highest BCUT2D eigenvalue weighted by Gasteiger charge is 2.30. The Balaban J connectivity index is 1.90. The monoisotopic (exact) mass is 349 g/mol. The molecule has 1 unspecified atom stereocenters. The Morgan fingerprint density at radius 1 is 1.33 bits per heavy atom. The predicted octanol–water partition coefficient (Wildman–Crippen LogP) is 2.32. The topological polar surface area (TPSA) is 43.9 Å². The first-order valence-corrected chi connectivity index (χ1v) is 9.32. The molecule has 2 rings (SSSR count). The van der Waals surface area contributed by atoms with Crippen LogP contribution in [0.2, 0.25) is 0 Å². The molecule has 1 aromatic heterocycles. The van der Waals surface area contributed by atoms with Crippen molar-refractivity contribution in [2.24, 2.45) is 0 Å². The van der Waals surface area contributed by atoms with Crippen molar-refractivity contribution < 1.29 is 9.59 Å². The molecule has 0 aromatic carbocycles. The molecule has 5 nitrogen and oxygen atoms in total. The van der Waals surface area contributed by atoms with Gasteiger partial charge in [0.25, 0.3) is 5.91 Å². The van der Waals surface area contributed by atoms with Crippen LogP contribution < -0.4 is 0 Å². The fraction of sp³-hybridized carbons (Fsp3) is 0.556. The Labute approximate surface area is 148 Å². The number of hydrogen-bond donors (Lipinski definition) is 0. The van der Waals surface area contributed by atoms with E-state index in [-0.39, 0.29) is 17.9 Å². The largest absolute Gasteiger partial charge is 0.338 e. The van der Waals surface area contributed by atoms with Crippen LogP contribution in [0.15, 0.2) is 29.7 Å². The van der Waals surface area contributed by atoms with E-state index in [1.54, 1.807) is 0 Å². The molecule has 0 bridgehead atoms. The van der Waals surface area contributed by atoms with Gasteiger partial charge in [-0.25, -0.2) is 0 Å². The first-order valence-electron chi connectivity index (χ1n) is 8.44. The second kappa shape index (κ2) is 8.44. The highest BCUT2D eigenvalue weighted by molar-refractivity contribution is 7.12. The molecule has 0 aliphatic carbocycles. The molecule has 0 saturated carbocycles. The molecule has 132 valence electrons. The highest BCUT2D eigenvalue weighted by atomic mass is 32.1. The molecule has 1 aliphatic rings. The number of carbonyl (C=O) groups excluding carboxylic acids is 2. The second-order valence-electron chi connectivity index (χ2n) is 6.29. The number of nitrogens with zero attached hydrogens (tertiary/aromatic N) is 3. The summed E-state index contributed by atoms with van der Waals surface area (Å²) in [4.78, 5) is 31.7. The number of carbonyl (C=O) groups is 2. The summed E-state index contributed by atoms with van der Waals surface area (Å²) in [5.41, 5.74) is 0.990. The van der Waals surface area contributed by atoms with Crippen LogP contribution in [0.1, 0.15) is 30.4 Å². The van der Waals surface area contributed by atoms with Gasteiger partial charge in [-0.15, -0.1) is 11.3 Å². The van der Waals surface area contributed by atoms with E-state index in [2.05, 4.69) is 11.5 Å². The lowest BCUT2D eigenvalue weighted by molar-refractivity contribution is -0.136. The van der Waals surface area contributed by atoms with Crippen molar-refractivity contribution in [3.05, 3.63) is 34.5 Å². The van der Waals surface area contributed by atoms with Crippen LogP contribution in [0.3, 0.4) is 0 Å². The van der Waals surface area contributed by atoms with Crippen molar-refractivity contribution >= 4 is 23.2 Å². The molecule has 2 amide bonds. The van der Waals surface area contributed by atoms with Crippen LogP contribution in [0.4, 0.5) is 0 Å². The minimum atomic E-state index is -0.164. The van der Waals surface area contributed by atoms with E-state index in [1.807, 2.05) is 48.1 Å². The van der Waals surface area contributed by atoms with Gasteiger partial charge in [-0.05, 0) is 32.2 Å². The molecule has 2 heterocycles. The number of likely N-dealkylation sites (N-methyl/N-ethyl adjacent to an activating group) is 1. The van der Waals surface area contributed by atoms with Crippen molar-refractivity contribution in [1.82, 2.24) is 14.7 Å². The smallest absolute Gasteiger partial charge is 0.264 e. The lowest BCUT2D eigenvalue weighted by atomic mass is 10.2. The van der Waals surface area contributed by atoms with Crippen molar-refractivity contribution in [2.45, 2.75) is 26.8 Å². The molecule has 0 radical (unpaired) electrons. The van der Waals surface area contributed by atoms with Crippen molar-refractivity contribution in [3.8, 4) is 0 Å². The van der Waals surface area contributed by atoms with Crippen LogP contribution in [0.25, 0.3) is 0 Å². The van der Waals surface area contributed by atoms with Gasteiger partial charge < -0.3 is 9.80 Å². The minimum absolute atomic E-state index is 0.0982. The van der Waals surface area contributed by atoms with Gasteiger partial charge >= 0.3 is 0 Å². The van der Waals surface area contributed by atoms with E-state index < -0.39 is 0 Å². The zero-order valence-electron chi connectivity index (χ0n) is 14.8. The average molecular weight is 350 g/mol. The third-order valence-corrected chi connectivity index (χ3v) is 5.25. The summed E-state index contributed by atoms with van der Waals surface area (Å²) < 4.78 is 0. The summed E-state index contributed by atoms with van der Waals surface area (Å²) in [6.07, 6.45) is 0. The predicted molar refractivity (Wildman–Crippen MR) is 98.3 cm³/mol. The maximum absolute atomic E-state index is 12.7. The van der Waals surface area contributed by atoms with Gasteiger partial charge in [0, 0.05) is 39.3 Å². The van der Waals surface area contributed by atoms with Gasteiger partial charge in [0.15, 0.2) is 0 Å². The third-order valence-electron chi connectivity index (χ3n) is 4.39. The quantitative estimate of drug-likeness (QED) is 0.741. The molecule has 1 atom stereocenters. The average Bonchev–Trinajstić information content (AvgIpc) is 3.12. The zero-order valence-corrected chi connectivity index (χ0v) is 15.6. The highest BCUT2D eigenvalue weighted by Crippen LogP contribution is 2.15. The van der Waals surface area contributed by atoms with E-state index >= 15 is 0 Å². The number of thiophene rings is 1. The molecule has 24 heavy (non-hydrogen) atoms. The van der Waals surface area contributed by atoms with Crippen molar-refractivity contribution in [3.63, 3.8) is 0 Å². The summed E-state index contributed by atoms with van der Waals surface area (Å²) in [6.45, 7) is 13.9. The fourth-order valence-electron chi connectivity index (χ4n) is 2.96. The number of amides is 2. The van der Waals surface area contributed by atoms with E-state index in [0.29, 0.717) is 26.2 Å². The van der Waals surface area contributed by atoms with Crippen molar-refractivity contribution in [1.29, 1.82) is 0 Å². The molecule has 1 aromatic rings. The summed E-state index contributed by atoms with van der Waals surface area (Å²) >= 11 is 1.48. The molecule has 0 spiro atoms. The van der Waals surface area contributed by atoms with E-state index in [4.69, 9.17) is 0 Å². The van der Waals surface area contributed by atoms with E-state index in [1.165, 1.54) is 11.3 Å². The molecule has 0 N–H and O–H groups in total. The Morgan fingerprint density at radius 2 is 2.00 bits per heavy atom. The summed E-state index contributed by atoms with van der Waals surface area (Å²) in [5.74, 6) is 0.236. The third kappa shape index (κ3) is 4.45. The van der Waals surface area contributed by atoms with Gasteiger partial charge in [0.05, 0.1) is 10.9 Å².